The van der Waals surface area contributed by atoms with Crippen LogP contribution in [0.25, 0.3) is 0 Å². The molecule has 7 heteroatoms. The quantitative estimate of drug-likeness (QED) is 0.806. The molecule has 1 aliphatic rings. The van der Waals surface area contributed by atoms with Crippen molar-refractivity contribution in [3.8, 4) is 0 Å². The van der Waals surface area contributed by atoms with E-state index in [-0.39, 0.29) is 18.4 Å². The minimum Gasteiger partial charge on any atom is -0.329 e. The highest BCUT2D eigenvalue weighted by molar-refractivity contribution is 7.86. The van der Waals surface area contributed by atoms with Gasteiger partial charge in [-0.15, -0.1) is 12.4 Å². The van der Waals surface area contributed by atoms with Crippen molar-refractivity contribution >= 4 is 22.6 Å². The normalized spacial score (nSPS) is 23.1. The zero-order valence-corrected chi connectivity index (χ0v) is 11.6. The van der Waals surface area contributed by atoms with Gasteiger partial charge in [-0.3, -0.25) is 0 Å². The largest absolute Gasteiger partial charge is 0.329 e. The molecule has 0 aromatic heterocycles. The Morgan fingerprint density at radius 3 is 2.56 bits per heavy atom. The molecule has 1 rings (SSSR count). The summed E-state index contributed by atoms with van der Waals surface area (Å²) in [5.41, 5.74) is 5.61. The summed E-state index contributed by atoms with van der Waals surface area (Å²) in [6.45, 7) is 3.35. The molecule has 0 amide bonds. The topological polar surface area (TPSA) is 66.6 Å². The smallest absolute Gasteiger partial charge is 0.282 e. The molecule has 1 heterocycles. The molecule has 0 spiro atoms. The number of hydrogen-bond acceptors (Lipinski definition) is 3. The number of nitrogens with zero attached hydrogens (tertiary/aromatic N) is 2. The number of halogens is 1. The molecule has 1 atom stereocenters. The lowest BCUT2D eigenvalue weighted by Crippen LogP contribution is -2.52. The molecule has 1 unspecified atom stereocenters. The third-order valence-corrected chi connectivity index (χ3v) is 5.10. The summed E-state index contributed by atoms with van der Waals surface area (Å²) in [6, 6.07) is -0.0160. The van der Waals surface area contributed by atoms with E-state index in [2.05, 4.69) is 0 Å². The van der Waals surface area contributed by atoms with E-state index in [4.69, 9.17) is 5.73 Å². The van der Waals surface area contributed by atoms with E-state index in [9.17, 15) is 8.42 Å². The zero-order valence-electron chi connectivity index (χ0n) is 9.92. The summed E-state index contributed by atoms with van der Waals surface area (Å²) in [4.78, 5) is 0. The van der Waals surface area contributed by atoms with E-state index < -0.39 is 10.2 Å². The van der Waals surface area contributed by atoms with E-state index >= 15 is 0 Å². The van der Waals surface area contributed by atoms with Crippen molar-refractivity contribution in [2.75, 3.05) is 26.7 Å². The Morgan fingerprint density at radius 1 is 1.44 bits per heavy atom. The first-order chi connectivity index (χ1) is 7.04. The Hall–Kier alpha value is 0.120. The third-order valence-electron chi connectivity index (χ3n) is 2.98. The molecule has 0 aromatic carbocycles. The van der Waals surface area contributed by atoms with E-state index in [1.54, 1.807) is 11.4 Å². The maximum atomic E-state index is 12.1. The predicted octanol–water partition coefficient (Wildman–Crippen LogP) is 0.418. The van der Waals surface area contributed by atoms with Crippen molar-refractivity contribution in [3.63, 3.8) is 0 Å². The molecule has 0 saturated carbocycles. The second-order valence-electron chi connectivity index (χ2n) is 3.92. The summed E-state index contributed by atoms with van der Waals surface area (Å²) >= 11 is 0. The van der Waals surface area contributed by atoms with Gasteiger partial charge in [0.15, 0.2) is 0 Å². The first kappa shape index (κ1) is 16.1. The Morgan fingerprint density at radius 2 is 2.06 bits per heavy atom. The monoisotopic (exact) mass is 271 g/mol. The van der Waals surface area contributed by atoms with E-state index in [0.717, 1.165) is 19.3 Å². The summed E-state index contributed by atoms with van der Waals surface area (Å²) < 4.78 is 27.1. The fourth-order valence-electron chi connectivity index (χ4n) is 1.86. The van der Waals surface area contributed by atoms with Gasteiger partial charge in [-0.2, -0.15) is 17.0 Å². The third kappa shape index (κ3) is 3.30. The molecule has 1 aliphatic heterocycles. The Balaban J connectivity index is 0.00000225. The first-order valence-electron chi connectivity index (χ1n) is 5.47. The molecular formula is C9H22ClN3O2S. The molecule has 2 N–H and O–H groups in total. The van der Waals surface area contributed by atoms with Gasteiger partial charge >= 0.3 is 0 Å². The number of rotatable bonds is 4. The number of piperidine rings is 1. The Bertz CT molecular complexity index is 297. The maximum absolute atomic E-state index is 12.1. The molecule has 0 aromatic rings. The van der Waals surface area contributed by atoms with Crippen LogP contribution < -0.4 is 5.73 Å². The summed E-state index contributed by atoms with van der Waals surface area (Å²) in [5.74, 6) is 0. The SMILES string of the molecule is CCN(C)S(=O)(=O)N1CCCCC1CN.Cl. The minimum absolute atomic E-state index is 0. The van der Waals surface area contributed by atoms with Crippen LogP contribution in [0.15, 0.2) is 0 Å². The molecule has 1 fully saturated rings. The van der Waals surface area contributed by atoms with E-state index in [0.29, 0.717) is 19.6 Å². The molecule has 98 valence electrons. The van der Waals surface area contributed by atoms with Crippen molar-refractivity contribution in [2.24, 2.45) is 5.73 Å². The molecule has 1 saturated heterocycles. The lowest BCUT2D eigenvalue weighted by atomic mass is 10.1. The Labute approximate surface area is 105 Å². The van der Waals surface area contributed by atoms with Gasteiger partial charge in [0, 0.05) is 32.7 Å². The van der Waals surface area contributed by atoms with Gasteiger partial charge in [-0.25, -0.2) is 0 Å². The van der Waals surface area contributed by atoms with Crippen LogP contribution in [0.3, 0.4) is 0 Å². The second kappa shape index (κ2) is 6.76. The van der Waals surface area contributed by atoms with E-state index in [1.165, 1.54) is 4.31 Å². The molecule has 16 heavy (non-hydrogen) atoms. The van der Waals surface area contributed by atoms with Crippen LogP contribution in [0.4, 0.5) is 0 Å². The fourth-order valence-corrected chi connectivity index (χ4v) is 3.47. The first-order valence-corrected chi connectivity index (χ1v) is 6.87. The Kier molecular flexibility index (Phi) is 6.81. The van der Waals surface area contributed by atoms with Crippen molar-refractivity contribution in [1.29, 1.82) is 0 Å². The molecule has 0 bridgehead atoms. The summed E-state index contributed by atoms with van der Waals surface area (Å²) in [7, 11) is -1.68. The van der Waals surface area contributed by atoms with Gasteiger partial charge in [0.05, 0.1) is 0 Å². The van der Waals surface area contributed by atoms with Crippen LogP contribution in [0.5, 0.6) is 0 Å². The van der Waals surface area contributed by atoms with Gasteiger partial charge in [-0.05, 0) is 12.8 Å². The van der Waals surface area contributed by atoms with Crippen molar-refractivity contribution in [2.45, 2.75) is 32.2 Å². The van der Waals surface area contributed by atoms with Crippen LogP contribution in [0, 0.1) is 0 Å². The van der Waals surface area contributed by atoms with Gasteiger partial charge in [0.2, 0.25) is 0 Å². The van der Waals surface area contributed by atoms with Gasteiger partial charge < -0.3 is 5.73 Å². The predicted molar refractivity (Wildman–Crippen MR) is 67.9 cm³/mol. The maximum Gasteiger partial charge on any atom is 0.282 e. The highest BCUT2D eigenvalue weighted by Gasteiger charge is 2.33. The lowest BCUT2D eigenvalue weighted by Gasteiger charge is -2.36. The van der Waals surface area contributed by atoms with Crippen molar-refractivity contribution in [1.82, 2.24) is 8.61 Å². The molecule has 0 aliphatic carbocycles. The van der Waals surface area contributed by atoms with Crippen molar-refractivity contribution in [3.05, 3.63) is 0 Å². The molecule has 5 nitrogen and oxygen atoms in total. The fraction of sp³-hybridized carbons (Fsp3) is 1.00. The lowest BCUT2D eigenvalue weighted by molar-refractivity contribution is 0.242. The number of hydrogen-bond donors (Lipinski definition) is 1. The highest BCUT2D eigenvalue weighted by Crippen LogP contribution is 2.21. The zero-order chi connectivity index (χ0) is 11.5. The van der Waals surface area contributed by atoms with E-state index in [1.807, 2.05) is 6.92 Å². The van der Waals surface area contributed by atoms with Crippen LogP contribution in [-0.2, 0) is 10.2 Å². The summed E-state index contributed by atoms with van der Waals surface area (Å²) in [6.07, 6.45) is 2.89. The average Bonchev–Trinajstić information content (AvgIpc) is 2.27. The number of nitrogens with two attached hydrogens (primary N) is 1. The highest BCUT2D eigenvalue weighted by atomic mass is 35.5. The van der Waals surface area contributed by atoms with Crippen LogP contribution in [0.1, 0.15) is 26.2 Å². The minimum atomic E-state index is -3.29. The van der Waals surface area contributed by atoms with Crippen LogP contribution in [0.2, 0.25) is 0 Å². The molecular weight excluding hydrogens is 250 g/mol. The average molecular weight is 272 g/mol. The standard InChI is InChI=1S/C9H21N3O2S.ClH/c1-3-11(2)15(13,14)12-7-5-4-6-9(12)8-10;/h9H,3-8,10H2,1-2H3;1H. The van der Waals surface area contributed by atoms with Gasteiger partial charge in [-0.1, -0.05) is 13.3 Å². The van der Waals surface area contributed by atoms with Crippen molar-refractivity contribution < 1.29 is 8.42 Å². The summed E-state index contributed by atoms with van der Waals surface area (Å²) in [5, 5.41) is 0. The van der Waals surface area contributed by atoms with Crippen LogP contribution >= 0.6 is 12.4 Å². The molecule has 0 radical (unpaired) electrons. The van der Waals surface area contributed by atoms with Gasteiger partial charge in [0.1, 0.15) is 0 Å². The second-order valence-corrected chi connectivity index (χ2v) is 5.91. The van der Waals surface area contributed by atoms with Gasteiger partial charge in [0.25, 0.3) is 10.2 Å². The van der Waals surface area contributed by atoms with Crippen LogP contribution in [-0.4, -0.2) is 49.8 Å².